The number of aliphatic hydroxyl groups is 1. The van der Waals surface area contributed by atoms with Crippen LogP contribution in [-0.2, 0) is 6.42 Å². The van der Waals surface area contributed by atoms with Gasteiger partial charge in [-0.1, -0.05) is 6.92 Å². The van der Waals surface area contributed by atoms with Crippen molar-refractivity contribution < 1.29 is 5.11 Å². The van der Waals surface area contributed by atoms with Crippen LogP contribution in [0.25, 0.3) is 0 Å². The van der Waals surface area contributed by atoms with Gasteiger partial charge < -0.3 is 15.3 Å². The smallest absolute Gasteiger partial charge is 0.134 e. The Labute approximate surface area is 103 Å². The third kappa shape index (κ3) is 3.85. The highest BCUT2D eigenvalue weighted by molar-refractivity contribution is 5.49. The molecule has 1 aromatic rings. The van der Waals surface area contributed by atoms with E-state index < -0.39 is 0 Å². The summed E-state index contributed by atoms with van der Waals surface area (Å²) in [5, 5.41) is 12.1. The number of likely N-dealkylation sites (N-methyl/N-ethyl adjacent to an activating group) is 1. The first-order chi connectivity index (χ1) is 8.24. The summed E-state index contributed by atoms with van der Waals surface area (Å²) in [4.78, 5) is 11.0. The molecule has 2 N–H and O–H groups in total. The molecule has 0 aliphatic carbocycles. The molecule has 0 amide bonds. The maximum atomic E-state index is 9.03. The molecule has 0 radical (unpaired) electrons. The van der Waals surface area contributed by atoms with Gasteiger partial charge >= 0.3 is 0 Å². The Morgan fingerprint density at radius 2 is 2.12 bits per heavy atom. The van der Waals surface area contributed by atoms with Gasteiger partial charge in [-0.3, -0.25) is 0 Å². The highest BCUT2D eigenvalue weighted by atomic mass is 16.3. The Morgan fingerprint density at radius 1 is 1.35 bits per heavy atom. The number of nitrogens with zero attached hydrogens (tertiary/aromatic N) is 3. The standard InChI is InChI=1S/C12H22N4O/c1-4-6-10-14-11(13-3)9-12(15-10)16(5-2)7-8-17/h9,17H,4-8H2,1-3H3,(H,13,14,15). The highest BCUT2D eigenvalue weighted by Gasteiger charge is 2.09. The first-order valence-electron chi connectivity index (χ1n) is 6.16. The molecule has 0 saturated carbocycles. The van der Waals surface area contributed by atoms with Crippen molar-refractivity contribution in [2.24, 2.45) is 0 Å². The van der Waals surface area contributed by atoms with E-state index in [1.54, 1.807) is 0 Å². The Bertz CT molecular complexity index is 343. The molecule has 0 spiro atoms. The fraction of sp³-hybridized carbons (Fsp3) is 0.667. The number of aromatic nitrogens is 2. The average Bonchev–Trinajstić information content (AvgIpc) is 2.35. The molecule has 1 aromatic heterocycles. The Hall–Kier alpha value is -1.36. The van der Waals surface area contributed by atoms with Crippen LogP contribution in [0.15, 0.2) is 6.07 Å². The van der Waals surface area contributed by atoms with Gasteiger partial charge in [0.1, 0.15) is 17.5 Å². The molecule has 5 nitrogen and oxygen atoms in total. The molecule has 1 heterocycles. The molecule has 96 valence electrons. The van der Waals surface area contributed by atoms with Crippen LogP contribution in [0.1, 0.15) is 26.1 Å². The molecule has 0 fully saturated rings. The van der Waals surface area contributed by atoms with Crippen LogP contribution in [0.2, 0.25) is 0 Å². The fourth-order valence-electron chi connectivity index (χ4n) is 1.66. The lowest BCUT2D eigenvalue weighted by molar-refractivity contribution is 0.302. The molecule has 0 aliphatic rings. The number of aryl methyl sites for hydroxylation is 1. The van der Waals surface area contributed by atoms with Crippen molar-refractivity contribution in [2.45, 2.75) is 26.7 Å². The molecule has 5 heteroatoms. The van der Waals surface area contributed by atoms with E-state index in [0.29, 0.717) is 6.54 Å². The van der Waals surface area contributed by atoms with Crippen LogP contribution in [0, 0.1) is 0 Å². The lowest BCUT2D eigenvalue weighted by Crippen LogP contribution is -2.27. The molecular weight excluding hydrogens is 216 g/mol. The van der Waals surface area contributed by atoms with E-state index in [0.717, 1.165) is 36.8 Å². The van der Waals surface area contributed by atoms with Gasteiger partial charge in [0.2, 0.25) is 0 Å². The zero-order valence-corrected chi connectivity index (χ0v) is 10.9. The number of nitrogens with one attached hydrogen (secondary N) is 1. The molecule has 0 aromatic carbocycles. The topological polar surface area (TPSA) is 61.3 Å². The van der Waals surface area contributed by atoms with Crippen LogP contribution in [-0.4, -0.2) is 41.8 Å². The summed E-state index contributed by atoms with van der Waals surface area (Å²) < 4.78 is 0. The van der Waals surface area contributed by atoms with Crippen LogP contribution < -0.4 is 10.2 Å². The van der Waals surface area contributed by atoms with Gasteiger partial charge in [-0.05, 0) is 13.3 Å². The van der Waals surface area contributed by atoms with E-state index in [4.69, 9.17) is 5.11 Å². The second kappa shape index (κ2) is 7.06. The van der Waals surface area contributed by atoms with E-state index in [2.05, 4.69) is 29.1 Å². The van der Waals surface area contributed by atoms with Crippen molar-refractivity contribution in [3.05, 3.63) is 11.9 Å². The van der Waals surface area contributed by atoms with Crippen molar-refractivity contribution in [1.82, 2.24) is 9.97 Å². The minimum absolute atomic E-state index is 0.135. The molecule has 1 rings (SSSR count). The molecule has 0 atom stereocenters. The van der Waals surface area contributed by atoms with Crippen molar-refractivity contribution in [3.8, 4) is 0 Å². The van der Waals surface area contributed by atoms with E-state index >= 15 is 0 Å². The molecule has 0 aliphatic heterocycles. The first kappa shape index (κ1) is 13.7. The van der Waals surface area contributed by atoms with E-state index in [1.807, 2.05) is 18.0 Å². The SMILES string of the molecule is CCCc1nc(NC)cc(N(CC)CCO)n1. The predicted octanol–water partition coefficient (Wildman–Crippen LogP) is 1.29. The van der Waals surface area contributed by atoms with Crippen molar-refractivity contribution in [3.63, 3.8) is 0 Å². The summed E-state index contributed by atoms with van der Waals surface area (Å²) in [5.74, 6) is 2.56. The van der Waals surface area contributed by atoms with Crippen molar-refractivity contribution in [1.29, 1.82) is 0 Å². The number of aliphatic hydroxyl groups excluding tert-OH is 1. The largest absolute Gasteiger partial charge is 0.395 e. The number of rotatable bonds is 7. The number of hydrogen-bond acceptors (Lipinski definition) is 5. The molecule has 0 unspecified atom stereocenters. The summed E-state index contributed by atoms with van der Waals surface area (Å²) >= 11 is 0. The third-order valence-corrected chi connectivity index (χ3v) is 2.56. The maximum absolute atomic E-state index is 9.03. The minimum atomic E-state index is 0.135. The maximum Gasteiger partial charge on any atom is 0.134 e. The molecule has 0 saturated heterocycles. The quantitative estimate of drug-likeness (QED) is 0.749. The normalized spacial score (nSPS) is 10.4. The summed E-state index contributed by atoms with van der Waals surface area (Å²) in [6, 6.07) is 1.92. The minimum Gasteiger partial charge on any atom is -0.395 e. The zero-order chi connectivity index (χ0) is 12.7. The monoisotopic (exact) mass is 238 g/mol. The van der Waals surface area contributed by atoms with Gasteiger partial charge in [0.25, 0.3) is 0 Å². The number of hydrogen-bond donors (Lipinski definition) is 2. The Kier molecular flexibility index (Phi) is 5.69. The number of anilines is 2. The lowest BCUT2D eigenvalue weighted by Gasteiger charge is -2.21. The Balaban J connectivity index is 2.99. The van der Waals surface area contributed by atoms with Crippen LogP contribution in [0.4, 0.5) is 11.6 Å². The summed E-state index contributed by atoms with van der Waals surface area (Å²) in [7, 11) is 1.85. The van der Waals surface area contributed by atoms with Crippen LogP contribution in [0.5, 0.6) is 0 Å². The summed E-state index contributed by atoms with van der Waals surface area (Å²) in [6.07, 6.45) is 1.90. The van der Waals surface area contributed by atoms with Crippen LogP contribution in [0.3, 0.4) is 0 Å². The van der Waals surface area contributed by atoms with Gasteiger partial charge in [0.15, 0.2) is 0 Å². The lowest BCUT2D eigenvalue weighted by atomic mass is 10.3. The van der Waals surface area contributed by atoms with Gasteiger partial charge in [0, 0.05) is 32.6 Å². The first-order valence-corrected chi connectivity index (χ1v) is 6.16. The molecule has 17 heavy (non-hydrogen) atoms. The van der Waals surface area contributed by atoms with Gasteiger partial charge in [-0.15, -0.1) is 0 Å². The fourth-order valence-corrected chi connectivity index (χ4v) is 1.66. The average molecular weight is 238 g/mol. The predicted molar refractivity (Wildman–Crippen MR) is 70.5 cm³/mol. The van der Waals surface area contributed by atoms with E-state index in [9.17, 15) is 0 Å². The van der Waals surface area contributed by atoms with Gasteiger partial charge in [-0.2, -0.15) is 0 Å². The van der Waals surface area contributed by atoms with Gasteiger partial charge in [-0.25, -0.2) is 9.97 Å². The summed E-state index contributed by atoms with van der Waals surface area (Å²) in [6.45, 7) is 5.72. The Morgan fingerprint density at radius 3 is 2.65 bits per heavy atom. The second-order valence-corrected chi connectivity index (χ2v) is 3.83. The van der Waals surface area contributed by atoms with E-state index in [1.165, 1.54) is 0 Å². The van der Waals surface area contributed by atoms with E-state index in [-0.39, 0.29) is 6.61 Å². The van der Waals surface area contributed by atoms with Crippen LogP contribution >= 0.6 is 0 Å². The van der Waals surface area contributed by atoms with Gasteiger partial charge in [0.05, 0.1) is 6.61 Å². The summed E-state index contributed by atoms with van der Waals surface area (Å²) in [5.41, 5.74) is 0. The second-order valence-electron chi connectivity index (χ2n) is 3.83. The highest BCUT2D eigenvalue weighted by Crippen LogP contribution is 2.16. The third-order valence-electron chi connectivity index (χ3n) is 2.56. The molecule has 0 bridgehead atoms. The zero-order valence-electron chi connectivity index (χ0n) is 10.9. The van der Waals surface area contributed by atoms with Crippen molar-refractivity contribution in [2.75, 3.05) is 37.0 Å². The molecular formula is C12H22N4O. The van der Waals surface area contributed by atoms with Crippen molar-refractivity contribution >= 4 is 11.6 Å².